The van der Waals surface area contributed by atoms with Gasteiger partial charge in [-0.05, 0) is 30.7 Å². The molecule has 0 unspecified atom stereocenters. The molecule has 0 aliphatic rings. The molecule has 0 saturated carbocycles. The Morgan fingerprint density at radius 1 is 0.903 bits per heavy atom. The summed E-state index contributed by atoms with van der Waals surface area (Å²) in [6.45, 7) is 1.95. The number of aryl methyl sites for hydroxylation is 1. The highest BCUT2D eigenvalue weighted by molar-refractivity contribution is 9.10. The van der Waals surface area contributed by atoms with E-state index < -0.39 is 0 Å². The first-order valence-electron chi connectivity index (χ1n) is 9.64. The number of halogens is 1. The molecule has 3 aromatic carbocycles. The van der Waals surface area contributed by atoms with Crippen LogP contribution in [0.5, 0.6) is 0 Å². The summed E-state index contributed by atoms with van der Waals surface area (Å²) >= 11 is 4.70. The quantitative estimate of drug-likeness (QED) is 0.335. The minimum Gasteiger partial charge on any atom is -0.325 e. The van der Waals surface area contributed by atoms with Gasteiger partial charge in [-0.25, -0.2) is 4.98 Å². The van der Waals surface area contributed by atoms with Gasteiger partial charge in [-0.2, -0.15) is 0 Å². The lowest BCUT2D eigenvalue weighted by Crippen LogP contribution is -2.15. The second kappa shape index (κ2) is 9.85. The molecule has 0 atom stereocenters. The fraction of sp³-hybridized carbons (Fsp3) is 0.0833. The molecule has 1 heterocycles. The Kier molecular flexibility index (Phi) is 6.74. The number of amides is 1. The molecule has 0 fully saturated rings. The Morgan fingerprint density at radius 2 is 1.55 bits per heavy atom. The van der Waals surface area contributed by atoms with Gasteiger partial charge in [-0.15, -0.1) is 10.2 Å². The van der Waals surface area contributed by atoms with Crippen molar-refractivity contribution in [2.45, 2.75) is 12.1 Å². The molecule has 0 aliphatic carbocycles. The number of carbonyl (C=O) groups excluding carboxylic acids is 1. The average molecular weight is 491 g/mol. The molecular formula is C24H19BrN4OS. The number of aromatic nitrogens is 3. The number of hydrogen-bond acceptors (Lipinski definition) is 5. The summed E-state index contributed by atoms with van der Waals surface area (Å²) in [4.78, 5) is 17.2. The minimum atomic E-state index is -0.118. The van der Waals surface area contributed by atoms with E-state index in [1.807, 2.05) is 85.8 Å². The van der Waals surface area contributed by atoms with E-state index in [2.05, 4.69) is 31.4 Å². The van der Waals surface area contributed by atoms with Gasteiger partial charge < -0.3 is 5.32 Å². The first kappa shape index (κ1) is 21.2. The van der Waals surface area contributed by atoms with Gasteiger partial charge in [0.2, 0.25) is 11.1 Å². The number of nitrogens with one attached hydrogen (secondary N) is 1. The van der Waals surface area contributed by atoms with E-state index in [-0.39, 0.29) is 11.7 Å². The largest absolute Gasteiger partial charge is 0.325 e. The average Bonchev–Trinajstić information content (AvgIpc) is 2.80. The van der Waals surface area contributed by atoms with Crippen LogP contribution < -0.4 is 5.32 Å². The van der Waals surface area contributed by atoms with Crippen molar-refractivity contribution in [2.24, 2.45) is 0 Å². The SMILES string of the molecule is Cc1cc(Br)ccc1NC(=O)CSc1nnc(-c2ccccc2)c(-c2ccccc2)n1. The maximum absolute atomic E-state index is 12.4. The molecular weight excluding hydrogens is 472 g/mol. The topological polar surface area (TPSA) is 67.8 Å². The summed E-state index contributed by atoms with van der Waals surface area (Å²) in [5, 5.41) is 12.1. The molecule has 0 aliphatic heterocycles. The number of nitrogens with zero attached hydrogens (tertiary/aromatic N) is 3. The van der Waals surface area contributed by atoms with Crippen LogP contribution in [0, 0.1) is 6.92 Å². The van der Waals surface area contributed by atoms with Crippen molar-refractivity contribution in [3.8, 4) is 22.5 Å². The highest BCUT2D eigenvalue weighted by Gasteiger charge is 2.15. The summed E-state index contributed by atoms with van der Waals surface area (Å²) in [6.07, 6.45) is 0. The Labute approximate surface area is 193 Å². The first-order valence-corrected chi connectivity index (χ1v) is 11.4. The standard InChI is InChI=1S/C24H19BrN4OS/c1-16-14-19(25)12-13-20(16)26-21(30)15-31-24-27-22(17-8-4-2-5-9-17)23(28-29-24)18-10-6-3-7-11-18/h2-14H,15H2,1H3,(H,26,30). The van der Waals surface area contributed by atoms with Gasteiger partial charge in [0.15, 0.2) is 0 Å². The Balaban J connectivity index is 1.54. The number of thioether (sulfide) groups is 1. The van der Waals surface area contributed by atoms with Crippen molar-refractivity contribution in [2.75, 3.05) is 11.1 Å². The van der Waals surface area contributed by atoms with Crippen LogP contribution in [0.3, 0.4) is 0 Å². The Morgan fingerprint density at radius 3 is 2.19 bits per heavy atom. The molecule has 0 saturated heterocycles. The van der Waals surface area contributed by atoms with E-state index >= 15 is 0 Å². The number of rotatable bonds is 6. The molecule has 5 nitrogen and oxygen atoms in total. The number of hydrogen-bond donors (Lipinski definition) is 1. The highest BCUT2D eigenvalue weighted by atomic mass is 79.9. The number of benzene rings is 3. The van der Waals surface area contributed by atoms with Gasteiger partial charge in [0.1, 0.15) is 11.4 Å². The van der Waals surface area contributed by atoms with E-state index in [9.17, 15) is 4.79 Å². The van der Waals surface area contributed by atoms with E-state index in [4.69, 9.17) is 4.98 Å². The maximum atomic E-state index is 12.4. The summed E-state index contributed by atoms with van der Waals surface area (Å²) in [6, 6.07) is 25.5. The van der Waals surface area contributed by atoms with Crippen LogP contribution in [-0.2, 0) is 4.79 Å². The third kappa shape index (κ3) is 5.37. The minimum absolute atomic E-state index is 0.118. The van der Waals surface area contributed by atoms with Crippen LogP contribution in [0.15, 0.2) is 88.5 Å². The number of carbonyl (C=O) groups is 1. The summed E-state index contributed by atoms with van der Waals surface area (Å²) in [5.74, 6) is 0.0724. The van der Waals surface area contributed by atoms with Crippen molar-refractivity contribution in [1.82, 2.24) is 15.2 Å². The third-order valence-electron chi connectivity index (χ3n) is 4.56. The Bertz CT molecular complexity index is 1200. The fourth-order valence-corrected chi connectivity index (χ4v) is 4.11. The lowest BCUT2D eigenvalue weighted by atomic mass is 10.0. The fourth-order valence-electron chi connectivity index (χ4n) is 3.04. The lowest BCUT2D eigenvalue weighted by molar-refractivity contribution is -0.113. The first-order chi connectivity index (χ1) is 15.1. The van der Waals surface area contributed by atoms with Crippen LogP contribution >= 0.6 is 27.7 Å². The van der Waals surface area contributed by atoms with Crippen LogP contribution in [0.25, 0.3) is 22.5 Å². The second-order valence-corrected chi connectivity index (χ2v) is 8.68. The van der Waals surface area contributed by atoms with Crippen molar-refractivity contribution in [1.29, 1.82) is 0 Å². The number of anilines is 1. The van der Waals surface area contributed by atoms with Crippen LogP contribution in [0.1, 0.15) is 5.56 Å². The van der Waals surface area contributed by atoms with Crippen molar-refractivity contribution < 1.29 is 4.79 Å². The third-order valence-corrected chi connectivity index (χ3v) is 5.89. The molecule has 1 amide bonds. The van der Waals surface area contributed by atoms with Crippen LogP contribution in [0.4, 0.5) is 5.69 Å². The molecule has 31 heavy (non-hydrogen) atoms. The van der Waals surface area contributed by atoms with Crippen molar-refractivity contribution >= 4 is 39.3 Å². The molecule has 1 N–H and O–H groups in total. The van der Waals surface area contributed by atoms with E-state index in [0.717, 1.165) is 32.5 Å². The van der Waals surface area contributed by atoms with Crippen molar-refractivity contribution in [3.05, 3.63) is 88.9 Å². The van der Waals surface area contributed by atoms with Gasteiger partial charge >= 0.3 is 0 Å². The normalized spacial score (nSPS) is 10.6. The monoisotopic (exact) mass is 490 g/mol. The van der Waals surface area contributed by atoms with E-state index in [1.165, 1.54) is 11.8 Å². The molecule has 7 heteroatoms. The van der Waals surface area contributed by atoms with E-state index in [0.29, 0.717) is 10.9 Å². The zero-order valence-electron chi connectivity index (χ0n) is 16.7. The summed E-state index contributed by atoms with van der Waals surface area (Å²) < 4.78 is 0.976. The summed E-state index contributed by atoms with van der Waals surface area (Å²) in [5.41, 5.74) is 5.13. The van der Waals surface area contributed by atoms with Gasteiger partial charge in [0, 0.05) is 21.3 Å². The molecule has 4 aromatic rings. The Hall–Kier alpha value is -3.03. The smallest absolute Gasteiger partial charge is 0.234 e. The zero-order chi connectivity index (χ0) is 21.6. The highest BCUT2D eigenvalue weighted by Crippen LogP contribution is 2.29. The van der Waals surface area contributed by atoms with Gasteiger partial charge in [-0.3, -0.25) is 4.79 Å². The zero-order valence-corrected chi connectivity index (χ0v) is 19.2. The van der Waals surface area contributed by atoms with Gasteiger partial charge in [0.05, 0.1) is 5.75 Å². The lowest BCUT2D eigenvalue weighted by Gasteiger charge is -2.10. The molecule has 154 valence electrons. The van der Waals surface area contributed by atoms with Crippen LogP contribution in [-0.4, -0.2) is 26.8 Å². The maximum Gasteiger partial charge on any atom is 0.234 e. The predicted molar refractivity (Wildman–Crippen MR) is 129 cm³/mol. The van der Waals surface area contributed by atoms with Gasteiger partial charge in [-0.1, -0.05) is 88.4 Å². The van der Waals surface area contributed by atoms with E-state index in [1.54, 1.807) is 0 Å². The van der Waals surface area contributed by atoms with Crippen molar-refractivity contribution in [3.63, 3.8) is 0 Å². The van der Waals surface area contributed by atoms with Gasteiger partial charge in [0.25, 0.3) is 0 Å². The summed E-state index contributed by atoms with van der Waals surface area (Å²) in [7, 11) is 0. The molecule has 0 radical (unpaired) electrons. The predicted octanol–water partition coefficient (Wildman–Crippen LogP) is 6.01. The molecule has 0 spiro atoms. The molecule has 4 rings (SSSR count). The second-order valence-electron chi connectivity index (χ2n) is 6.82. The van der Waals surface area contributed by atoms with Crippen LogP contribution in [0.2, 0.25) is 0 Å². The molecule has 1 aromatic heterocycles. The molecule has 0 bridgehead atoms.